The lowest BCUT2D eigenvalue weighted by atomic mass is 10.1. The van der Waals surface area contributed by atoms with Gasteiger partial charge in [-0.25, -0.2) is 0 Å². The van der Waals surface area contributed by atoms with E-state index in [1.807, 2.05) is 0 Å². The van der Waals surface area contributed by atoms with Crippen molar-refractivity contribution in [2.45, 2.75) is 26.4 Å². The highest BCUT2D eigenvalue weighted by Crippen LogP contribution is 2.25. The number of ketones is 1. The molecule has 0 saturated heterocycles. The molecule has 0 heterocycles. The third kappa shape index (κ3) is 6.55. The van der Waals surface area contributed by atoms with Crippen molar-refractivity contribution in [3.63, 3.8) is 0 Å². The van der Waals surface area contributed by atoms with Crippen molar-refractivity contribution in [2.75, 3.05) is 11.9 Å². The van der Waals surface area contributed by atoms with Gasteiger partial charge in [-0.15, -0.1) is 0 Å². The van der Waals surface area contributed by atoms with Crippen LogP contribution in [0.4, 0.5) is 5.69 Å². The van der Waals surface area contributed by atoms with Gasteiger partial charge in [0.25, 0.3) is 5.91 Å². The Balaban J connectivity index is 1.77. The quantitative estimate of drug-likeness (QED) is 0.497. The van der Waals surface area contributed by atoms with Gasteiger partial charge < -0.3 is 14.8 Å². The van der Waals surface area contributed by atoms with Gasteiger partial charge in [0.1, 0.15) is 5.75 Å². The highest BCUT2D eigenvalue weighted by molar-refractivity contribution is 6.35. The van der Waals surface area contributed by atoms with E-state index in [0.29, 0.717) is 27.0 Å². The Morgan fingerprint density at radius 2 is 1.75 bits per heavy atom. The maximum absolute atomic E-state index is 12.1. The first-order valence-electron chi connectivity index (χ1n) is 8.45. The molecule has 1 amide bonds. The van der Waals surface area contributed by atoms with Gasteiger partial charge in [-0.05, 0) is 56.3 Å². The first-order valence-corrected chi connectivity index (χ1v) is 9.21. The topological polar surface area (TPSA) is 81.7 Å². The molecule has 1 atom stereocenters. The molecule has 0 bridgehead atoms. The lowest BCUT2D eigenvalue weighted by molar-refractivity contribution is -0.153. The molecule has 2 aromatic carbocycles. The predicted molar refractivity (Wildman–Crippen MR) is 107 cm³/mol. The van der Waals surface area contributed by atoms with Crippen molar-refractivity contribution >= 4 is 46.5 Å². The average molecular weight is 424 g/mol. The lowest BCUT2D eigenvalue weighted by Crippen LogP contribution is -2.30. The monoisotopic (exact) mass is 423 g/mol. The second-order valence-corrected chi connectivity index (χ2v) is 6.77. The fourth-order valence-corrected chi connectivity index (χ4v) is 2.51. The number of carbonyl (C=O) groups is 3. The van der Waals surface area contributed by atoms with Crippen LogP contribution in [0.5, 0.6) is 5.75 Å². The van der Waals surface area contributed by atoms with Gasteiger partial charge in [-0.2, -0.15) is 0 Å². The molecule has 1 N–H and O–H groups in total. The second kappa shape index (κ2) is 10.1. The predicted octanol–water partition coefficient (Wildman–Crippen LogP) is 4.54. The van der Waals surface area contributed by atoms with Gasteiger partial charge >= 0.3 is 5.97 Å². The Morgan fingerprint density at radius 1 is 1.07 bits per heavy atom. The van der Waals surface area contributed by atoms with E-state index in [1.165, 1.54) is 19.9 Å². The van der Waals surface area contributed by atoms with Gasteiger partial charge in [0, 0.05) is 10.6 Å². The molecule has 0 aliphatic carbocycles. The van der Waals surface area contributed by atoms with Gasteiger partial charge in [0.15, 0.2) is 11.9 Å². The van der Waals surface area contributed by atoms with Crippen molar-refractivity contribution in [1.29, 1.82) is 0 Å². The number of halogens is 2. The van der Waals surface area contributed by atoms with Gasteiger partial charge in [-0.1, -0.05) is 23.2 Å². The molecule has 28 heavy (non-hydrogen) atoms. The molecule has 8 heteroatoms. The summed E-state index contributed by atoms with van der Waals surface area (Å²) in [6, 6.07) is 11.2. The first kappa shape index (κ1) is 21.7. The molecule has 0 saturated carbocycles. The molecule has 1 unspecified atom stereocenters. The van der Waals surface area contributed by atoms with Crippen molar-refractivity contribution in [1.82, 2.24) is 0 Å². The molecule has 0 aromatic heterocycles. The Hall–Kier alpha value is -2.57. The third-order valence-electron chi connectivity index (χ3n) is 3.70. The van der Waals surface area contributed by atoms with Crippen molar-refractivity contribution < 1.29 is 23.9 Å². The third-order valence-corrected chi connectivity index (χ3v) is 4.26. The summed E-state index contributed by atoms with van der Waals surface area (Å²) in [7, 11) is 0. The first-order chi connectivity index (χ1) is 13.3. The summed E-state index contributed by atoms with van der Waals surface area (Å²) in [6.07, 6.45) is -1.05. The van der Waals surface area contributed by atoms with E-state index in [1.54, 1.807) is 36.4 Å². The minimum absolute atomic E-state index is 0.0377. The van der Waals surface area contributed by atoms with E-state index in [-0.39, 0.29) is 18.8 Å². The van der Waals surface area contributed by atoms with E-state index >= 15 is 0 Å². The van der Waals surface area contributed by atoms with Crippen LogP contribution < -0.4 is 10.1 Å². The molecule has 0 fully saturated rings. The summed E-state index contributed by atoms with van der Waals surface area (Å²) in [6.45, 7) is 3.00. The smallest absolute Gasteiger partial charge is 0.310 e. The molecule has 148 valence electrons. The van der Waals surface area contributed by atoms with Crippen LogP contribution in [0.1, 0.15) is 30.6 Å². The van der Waals surface area contributed by atoms with Crippen molar-refractivity contribution in [3.05, 3.63) is 58.1 Å². The van der Waals surface area contributed by atoms with Crippen molar-refractivity contribution in [2.24, 2.45) is 0 Å². The molecular weight excluding hydrogens is 405 g/mol. The molecular formula is C20H19Cl2NO5. The second-order valence-electron chi connectivity index (χ2n) is 5.92. The Morgan fingerprint density at radius 3 is 2.39 bits per heavy atom. The molecule has 2 aromatic rings. The van der Waals surface area contributed by atoms with Crippen LogP contribution in [0, 0.1) is 0 Å². The summed E-state index contributed by atoms with van der Waals surface area (Å²) in [5.74, 6) is -0.626. The normalized spacial score (nSPS) is 11.4. The SMILES string of the molecule is CC(=O)c1ccc(OCCC(=O)OC(C)C(=O)Nc2cc(Cl)ccc2Cl)cc1. The summed E-state index contributed by atoms with van der Waals surface area (Å²) < 4.78 is 10.5. The van der Waals surface area contributed by atoms with Gasteiger partial charge in [0.2, 0.25) is 0 Å². The number of anilines is 1. The lowest BCUT2D eigenvalue weighted by Gasteiger charge is -2.14. The van der Waals surface area contributed by atoms with Crippen LogP contribution in [0.15, 0.2) is 42.5 Å². The van der Waals surface area contributed by atoms with E-state index < -0.39 is 18.0 Å². The summed E-state index contributed by atoms with van der Waals surface area (Å²) >= 11 is 11.9. The minimum Gasteiger partial charge on any atom is -0.493 e. The van der Waals surface area contributed by atoms with Gasteiger partial charge in [0.05, 0.1) is 23.7 Å². The largest absolute Gasteiger partial charge is 0.493 e. The number of benzene rings is 2. The van der Waals surface area contributed by atoms with Crippen LogP contribution in [-0.4, -0.2) is 30.4 Å². The Bertz CT molecular complexity index is 867. The number of esters is 1. The standard InChI is InChI=1S/C20H19Cl2NO5/c1-12(24)14-3-6-16(7-4-14)27-10-9-19(25)28-13(2)20(26)23-18-11-15(21)5-8-17(18)22/h3-8,11,13H,9-10H2,1-2H3,(H,23,26). The van der Waals surface area contributed by atoms with Crippen LogP contribution in [0.25, 0.3) is 0 Å². The summed E-state index contributed by atoms with van der Waals surface area (Å²) in [5.41, 5.74) is 0.908. The van der Waals surface area contributed by atoms with Crippen LogP contribution in [0.2, 0.25) is 10.0 Å². The zero-order valence-corrected chi connectivity index (χ0v) is 16.8. The summed E-state index contributed by atoms with van der Waals surface area (Å²) in [5, 5.41) is 3.30. The number of Topliss-reactive ketones (excluding diaryl/α,β-unsaturated/α-hetero) is 1. The van der Waals surface area contributed by atoms with E-state index in [0.717, 1.165) is 0 Å². The van der Waals surface area contributed by atoms with Crippen LogP contribution >= 0.6 is 23.2 Å². The molecule has 0 aliphatic rings. The van der Waals surface area contributed by atoms with Crippen molar-refractivity contribution in [3.8, 4) is 5.75 Å². The van der Waals surface area contributed by atoms with Crippen LogP contribution in [-0.2, 0) is 14.3 Å². The maximum atomic E-state index is 12.1. The number of rotatable bonds is 8. The zero-order valence-electron chi connectivity index (χ0n) is 15.3. The average Bonchev–Trinajstić information content (AvgIpc) is 2.65. The number of nitrogens with one attached hydrogen (secondary N) is 1. The minimum atomic E-state index is -1.02. The highest BCUT2D eigenvalue weighted by atomic mass is 35.5. The summed E-state index contributed by atoms with van der Waals surface area (Å²) in [4.78, 5) is 35.3. The number of carbonyl (C=O) groups excluding carboxylic acids is 3. The maximum Gasteiger partial charge on any atom is 0.310 e. The molecule has 0 aliphatic heterocycles. The Labute approximate surface area is 172 Å². The molecule has 0 radical (unpaired) electrons. The molecule has 0 spiro atoms. The number of hydrogen-bond acceptors (Lipinski definition) is 5. The van der Waals surface area contributed by atoms with E-state index in [9.17, 15) is 14.4 Å². The van der Waals surface area contributed by atoms with E-state index in [2.05, 4.69) is 5.32 Å². The van der Waals surface area contributed by atoms with Gasteiger partial charge in [-0.3, -0.25) is 14.4 Å². The molecule has 6 nitrogen and oxygen atoms in total. The van der Waals surface area contributed by atoms with E-state index in [4.69, 9.17) is 32.7 Å². The fraction of sp³-hybridized carbons (Fsp3) is 0.250. The Kier molecular flexibility index (Phi) is 7.84. The number of hydrogen-bond donors (Lipinski definition) is 1. The number of ether oxygens (including phenoxy) is 2. The molecule has 2 rings (SSSR count). The zero-order chi connectivity index (χ0) is 20.7. The van der Waals surface area contributed by atoms with Crippen LogP contribution in [0.3, 0.4) is 0 Å². The highest BCUT2D eigenvalue weighted by Gasteiger charge is 2.19. The number of amides is 1. The fourth-order valence-electron chi connectivity index (χ4n) is 2.18.